The fourth-order valence-electron chi connectivity index (χ4n) is 1.84. The van der Waals surface area contributed by atoms with Gasteiger partial charge < -0.3 is 16.4 Å². The van der Waals surface area contributed by atoms with Gasteiger partial charge in [0.2, 0.25) is 5.95 Å². The van der Waals surface area contributed by atoms with Crippen molar-refractivity contribution < 1.29 is 0 Å². The summed E-state index contributed by atoms with van der Waals surface area (Å²) in [6.07, 6.45) is 1.01. The number of nitriles is 1. The number of nitrogens with two attached hydrogens (primary N) is 1. The fraction of sp³-hybridized carbons (Fsp3) is 0.267. The van der Waals surface area contributed by atoms with Crippen molar-refractivity contribution in [1.29, 1.82) is 5.26 Å². The Balaban J connectivity index is 2.05. The second-order valence-corrected chi connectivity index (χ2v) is 4.59. The Morgan fingerprint density at radius 2 is 1.95 bits per heavy atom. The van der Waals surface area contributed by atoms with E-state index in [0.29, 0.717) is 23.7 Å². The molecule has 108 valence electrons. The van der Waals surface area contributed by atoms with Gasteiger partial charge in [0, 0.05) is 19.2 Å². The van der Waals surface area contributed by atoms with Gasteiger partial charge in [0.25, 0.3) is 0 Å². The van der Waals surface area contributed by atoms with Crippen molar-refractivity contribution >= 4 is 17.6 Å². The van der Waals surface area contributed by atoms with Crippen LogP contribution in [0.1, 0.15) is 24.5 Å². The molecule has 0 bridgehead atoms. The summed E-state index contributed by atoms with van der Waals surface area (Å²) in [7, 11) is 0. The molecule has 1 aromatic heterocycles. The molecule has 21 heavy (non-hydrogen) atoms. The van der Waals surface area contributed by atoms with Crippen molar-refractivity contribution in [3.8, 4) is 6.07 Å². The van der Waals surface area contributed by atoms with Crippen LogP contribution in [0.25, 0.3) is 0 Å². The first kappa shape index (κ1) is 14.6. The van der Waals surface area contributed by atoms with Gasteiger partial charge in [-0.25, -0.2) is 0 Å². The topological polar surface area (TPSA) is 99.6 Å². The molecule has 0 radical (unpaired) electrons. The van der Waals surface area contributed by atoms with Crippen LogP contribution in [0.3, 0.4) is 0 Å². The molecule has 0 saturated heterocycles. The summed E-state index contributed by atoms with van der Waals surface area (Å²) in [5, 5.41) is 15.3. The molecule has 6 nitrogen and oxygen atoms in total. The quantitative estimate of drug-likeness (QED) is 0.752. The molecule has 1 heterocycles. The number of hydrogen-bond donors (Lipinski definition) is 3. The van der Waals surface area contributed by atoms with Crippen LogP contribution in [0.5, 0.6) is 0 Å². The van der Waals surface area contributed by atoms with Crippen LogP contribution in [0.15, 0.2) is 30.3 Å². The average molecular weight is 282 g/mol. The van der Waals surface area contributed by atoms with Gasteiger partial charge in [-0.1, -0.05) is 19.1 Å². The zero-order chi connectivity index (χ0) is 15.1. The molecular weight excluding hydrogens is 264 g/mol. The molecule has 4 N–H and O–H groups in total. The summed E-state index contributed by atoms with van der Waals surface area (Å²) in [6, 6.07) is 11.4. The van der Waals surface area contributed by atoms with Crippen LogP contribution in [0.4, 0.5) is 17.6 Å². The van der Waals surface area contributed by atoms with Gasteiger partial charge in [-0.2, -0.15) is 15.2 Å². The molecule has 0 aliphatic rings. The molecule has 2 rings (SSSR count). The van der Waals surface area contributed by atoms with Crippen molar-refractivity contribution in [3.05, 3.63) is 41.5 Å². The van der Waals surface area contributed by atoms with Crippen LogP contribution >= 0.6 is 0 Å². The minimum atomic E-state index is 0.226. The Hall–Kier alpha value is -2.81. The maximum Gasteiger partial charge on any atom is 0.223 e. The Labute approximate surface area is 124 Å². The predicted molar refractivity (Wildman–Crippen MR) is 83.7 cm³/mol. The van der Waals surface area contributed by atoms with E-state index in [2.05, 4.69) is 33.6 Å². The van der Waals surface area contributed by atoms with Gasteiger partial charge in [-0.3, -0.25) is 0 Å². The smallest absolute Gasteiger partial charge is 0.223 e. The Morgan fingerprint density at radius 1 is 1.19 bits per heavy atom. The normalized spacial score (nSPS) is 9.90. The van der Waals surface area contributed by atoms with E-state index in [-0.39, 0.29) is 5.95 Å². The van der Waals surface area contributed by atoms with Crippen molar-refractivity contribution in [2.24, 2.45) is 0 Å². The second kappa shape index (κ2) is 7.10. The maximum atomic E-state index is 8.89. The highest BCUT2D eigenvalue weighted by atomic mass is 15.1. The molecule has 0 aliphatic carbocycles. The molecule has 0 atom stereocenters. The largest absolute Gasteiger partial charge is 0.370 e. The van der Waals surface area contributed by atoms with Crippen LogP contribution in [-0.2, 0) is 6.54 Å². The first-order valence-corrected chi connectivity index (χ1v) is 6.82. The van der Waals surface area contributed by atoms with Crippen LogP contribution < -0.4 is 16.4 Å². The SMILES string of the molecule is CCCNc1cc(NCc2cccc(C#N)c2)nc(N)n1. The van der Waals surface area contributed by atoms with E-state index in [1.165, 1.54) is 0 Å². The second-order valence-electron chi connectivity index (χ2n) is 4.59. The highest BCUT2D eigenvalue weighted by Crippen LogP contribution is 2.14. The molecule has 0 spiro atoms. The molecular formula is C15H18N6. The van der Waals surface area contributed by atoms with E-state index < -0.39 is 0 Å². The summed E-state index contributed by atoms with van der Waals surface area (Å²) in [6.45, 7) is 3.48. The first-order valence-electron chi connectivity index (χ1n) is 6.82. The van der Waals surface area contributed by atoms with E-state index in [4.69, 9.17) is 11.0 Å². The average Bonchev–Trinajstić information content (AvgIpc) is 2.50. The molecule has 0 fully saturated rings. The third-order valence-corrected chi connectivity index (χ3v) is 2.83. The van der Waals surface area contributed by atoms with E-state index >= 15 is 0 Å². The van der Waals surface area contributed by atoms with E-state index in [1.54, 1.807) is 6.07 Å². The molecule has 1 aromatic carbocycles. The van der Waals surface area contributed by atoms with Crippen molar-refractivity contribution in [2.45, 2.75) is 19.9 Å². The van der Waals surface area contributed by atoms with Gasteiger partial charge in [0.15, 0.2) is 0 Å². The van der Waals surface area contributed by atoms with Crippen LogP contribution in [0.2, 0.25) is 0 Å². The lowest BCUT2D eigenvalue weighted by Gasteiger charge is -2.09. The number of nitrogens with one attached hydrogen (secondary N) is 2. The number of rotatable bonds is 6. The number of hydrogen-bond acceptors (Lipinski definition) is 6. The minimum Gasteiger partial charge on any atom is -0.370 e. The standard InChI is InChI=1S/C15H18N6/c1-2-6-18-13-8-14(21-15(17)20-13)19-10-12-5-3-4-11(7-12)9-16/h3-5,7-8H,2,6,10H2,1H3,(H4,17,18,19,20,21). The number of aromatic nitrogens is 2. The molecule has 6 heteroatoms. The molecule has 0 saturated carbocycles. The lowest BCUT2D eigenvalue weighted by molar-refractivity contribution is 0.965. The number of nitrogens with zero attached hydrogens (tertiary/aromatic N) is 3. The zero-order valence-corrected chi connectivity index (χ0v) is 11.9. The van der Waals surface area contributed by atoms with Gasteiger partial charge in [-0.05, 0) is 24.1 Å². The first-order chi connectivity index (χ1) is 10.2. The Kier molecular flexibility index (Phi) is 4.94. The summed E-state index contributed by atoms with van der Waals surface area (Å²) in [4.78, 5) is 8.28. The van der Waals surface area contributed by atoms with Crippen LogP contribution in [0, 0.1) is 11.3 Å². The van der Waals surface area contributed by atoms with Gasteiger partial charge in [0.1, 0.15) is 11.6 Å². The monoisotopic (exact) mass is 282 g/mol. The van der Waals surface area contributed by atoms with Gasteiger partial charge in [0.05, 0.1) is 11.6 Å². The van der Waals surface area contributed by atoms with Crippen LogP contribution in [-0.4, -0.2) is 16.5 Å². The third-order valence-electron chi connectivity index (χ3n) is 2.83. The lowest BCUT2D eigenvalue weighted by Crippen LogP contribution is -2.08. The van der Waals surface area contributed by atoms with Crippen molar-refractivity contribution in [1.82, 2.24) is 9.97 Å². The molecule has 2 aromatic rings. The summed E-state index contributed by atoms with van der Waals surface area (Å²) >= 11 is 0. The predicted octanol–water partition coefficient (Wildman–Crippen LogP) is 2.36. The summed E-state index contributed by atoms with van der Waals surface area (Å²) < 4.78 is 0. The van der Waals surface area contributed by atoms with Crippen molar-refractivity contribution in [3.63, 3.8) is 0 Å². The van der Waals surface area contributed by atoms with Gasteiger partial charge >= 0.3 is 0 Å². The molecule has 0 amide bonds. The Morgan fingerprint density at radius 3 is 2.67 bits per heavy atom. The number of benzene rings is 1. The number of nitrogen functional groups attached to an aromatic ring is 1. The lowest BCUT2D eigenvalue weighted by atomic mass is 10.1. The summed E-state index contributed by atoms with van der Waals surface area (Å²) in [5.41, 5.74) is 7.35. The minimum absolute atomic E-state index is 0.226. The fourth-order valence-corrected chi connectivity index (χ4v) is 1.84. The maximum absolute atomic E-state index is 8.89. The molecule has 0 aliphatic heterocycles. The van der Waals surface area contributed by atoms with Gasteiger partial charge in [-0.15, -0.1) is 0 Å². The number of anilines is 3. The zero-order valence-electron chi connectivity index (χ0n) is 11.9. The molecule has 0 unspecified atom stereocenters. The van der Waals surface area contributed by atoms with E-state index in [1.807, 2.05) is 24.3 Å². The highest BCUT2D eigenvalue weighted by Gasteiger charge is 2.02. The Bertz CT molecular complexity index is 647. The van der Waals surface area contributed by atoms with E-state index in [9.17, 15) is 0 Å². The summed E-state index contributed by atoms with van der Waals surface area (Å²) in [5.74, 6) is 1.59. The third kappa shape index (κ3) is 4.35. The van der Waals surface area contributed by atoms with E-state index in [0.717, 1.165) is 18.5 Å². The van der Waals surface area contributed by atoms with Crippen molar-refractivity contribution in [2.75, 3.05) is 22.9 Å². The highest BCUT2D eigenvalue weighted by molar-refractivity contribution is 5.51.